The number of hydrogen-bond acceptors (Lipinski definition) is 2. The number of aryl methyl sites for hydroxylation is 1. The molecule has 2 N–H and O–H groups in total. The molecule has 0 spiro atoms. The third kappa shape index (κ3) is 4.85. The van der Waals surface area contributed by atoms with E-state index in [0.29, 0.717) is 6.42 Å². The quantitative estimate of drug-likeness (QED) is 0.891. The number of phenols is 1. The molecule has 0 heterocycles. The number of carbonyl (C=O) groups excluding carboxylic acids is 1. The van der Waals surface area contributed by atoms with Crippen molar-refractivity contribution < 1.29 is 9.90 Å². The van der Waals surface area contributed by atoms with Crippen molar-refractivity contribution in [1.29, 1.82) is 0 Å². The Bertz CT molecular complexity index is 672. The predicted molar refractivity (Wildman–Crippen MR) is 93.6 cm³/mol. The SMILES string of the molecule is Cc1ccc(O)c(C(CC(=O)NC(C)(C)C)c2ccccc2)c1. The monoisotopic (exact) mass is 311 g/mol. The van der Waals surface area contributed by atoms with Crippen LogP contribution in [0.1, 0.15) is 49.8 Å². The smallest absolute Gasteiger partial charge is 0.221 e. The van der Waals surface area contributed by atoms with Gasteiger partial charge in [-0.25, -0.2) is 0 Å². The average Bonchev–Trinajstić information content (AvgIpc) is 2.47. The number of nitrogens with one attached hydrogen (secondary N) is 1. The minimum atomic E-state index is -0.271. The van der Waals surface area contributed by atoms with Crippen LogP contribution in [0.4, 0.5) is 0 Å². The molecule has 3 heteroatoms. The van der Waals surface area contributed by atoms with Gasteiger partial charge in [0.25, 0.3) is 0 Å². The Balaban J connectivity index is 2.37. The normalized spacial score (nSPS) is 12.7. The molecular formula is C20H25NO2. The highest BCUT2D eigenvalue weighted by atomic mass is 16.3. The minimum Gasteiger partial charge on any atom is -0.508 e. The number of amides is 1. The van der Waals surface area contributed by atoms with E-state index in [0.717, 1.165) is 16.7 Å². The molecule has 0 aliphatic heterocycles. The summed E-state index contributed by atoms with van der Waals surface area (Å²) < 4.78 is 0. The maximum absolute atomic E-state index is 12.4. The van der Waals surface area contributed by atoms with Gasteiger partial charge in [-0.05, 0) is 39.3 Å². The standard InChI is InChI=1S/C20H25NO2/c1-14-10-11-18(22)17(12-14)16(15-8-6-5-7-9-15)13-19(23)21-20(2,3)4/h5-12,16,22H,13H2,1-4H3,(H,21,23). The number of phenolic OH excluding ortho intramolecular Hbond substituents is 1. The first-order chi connectivity index (χ1) is 10.8. The largest absolute Gasteiger partial charge is 0.508 e. The number of carbonyl (C=O) groups is 1. The van der Waals surface area contributed by atoms with Crippen LogP contribution < -0.4 is 5.32 Å². The fraction of sp³-hybridized carbons (Fsp3) is 0.350. The molecule has 1 amide bonds. The van der Waals surface area contributed by atoms with Crippen molar-refractivity contribution in [1.82, 2.24) is 5.32 Å². The van der Waals surface area contributed by atoms with Gasteiger partial charge in [0, 0.05) is 23.4 Å². The van der Waals surface area contributed by atoms with Gasteiger partial charge in [0.05, 0.1) is 0 Å². The number of rotatable bonds is 4. The first-order valence-electron chi connectivity index (χ1n) is 7.92. The Hall–Kier alpha value is -2.29. The summed E-state index contributed by atoms with van der Waals surface area (Å²) in [5.74, 6) is 0.0405. The molecule has 3 nitrogen and oxygen atoms in total. The van der Waals surface area contributed by atoms with Crippen LogP contribution in [0.15, 0.2) is 48.5 Å². The fourth-order valence-corrected chi connectivity index (χ4v) is 2.70. The van der Waals surface area contributed by atoms with Gasteiger partial charge in [-0.15, -0.1) is 0 Å². The van der Waals surface area contributed by atoms with E-state index in [4.69, 9.17) is 0 Å². The third-order valence-electron chi connectivity index (χ3n) is 3.66. The van der Waals surface area contributed by atoms with Crippen LogP contribution >= 0.6 is 0 Å². The van der Waals surface area contributed by atoms with Gasteiger partial charge in [0.1, 0.15) is 5.75 Å². The van der Waals surface area contributed by atoms with Crippen molar-refractivity contribution in [2.24, 2.45) is 0 Å². The molecule has 1 atom stereocenters. The molecule has 2 rings (SSSR count). The summed E-state index contributed by atoms with van der Waals surface area (Å²) in [6.45, 7) is 7.88. The number of benzene rings is 2. The lowest BCUT2D eigenvalue weighted by Gasteiger charge is -2.24. The Morgan fingerprint density at radius 2 is 1.78 bits per heavy atom. The lowest BCUT2D eigenvalue weighted by molar-refractivity contribution is -0.122. The van der Waals surface area contributed by atoms with Crippen LogP contribution in [0.5, 0.6) is 5.75 Å². The number of hydrogen-bond donors (Lipinski definition) is 2. The van der Waals surface area contributed by atoms with Crippen LogP contribution in [-0.2, 0) is 4.79 Å². The zero-order chi connectivity index (χ0) is 17.0. The molecule has 0 aromatic heterocycles. The van der Waals surface area contributed by atoms with Gasteiger partial charge in [-0.1, -0.05) is 48.0 Å². The third-order valence-corrected chi connectivity index (χ3v) is 3.66. The van der Waals surface area contributed by atoms with E-state index in [1.54, 1.807) is 6.07 Å². The van der Waals surface area contributed by atoms with Crippen molar-refractivity contribution in [3.63, 3.8) is 0 Å². The van der Waals surface area contributed by atoms with Crippen molar-refractivity contribution in [2.45, 2.75) is 45.6 Å². The summed E-state index contributed by atoms with van der Waals surface area (Å²) in [5.41, 5.74) is 2.61. The molecule has 2 aromatic carbocycles. The Kier molecular flexibility index (Phi) is 5.09. The summed E-state index contributed by atoms with van der Waals surface area (Å²) in [7, 11) is 0. The molecule has 1 unspecified atom stereocenters. The summed E-state index contributed by atoms with van der Waals surface area (Å²) in [5, 5.41) is 13.3. The first-order valence-corrected chi connectivity index (χ1v) is 7.92. The maximum Gasteiger partial charge on any atom is 0.221 e. The zero-order valence-corrected chi connectivity index (χ0v) is 14.3. The zero-order valence-electron chi connectivity index (χ0n) is 14.3. The summed E-state index contributed by atoms with van der Waals surface area (Å²) in [6, 6.07) is 15.4. The summed E-state index contributed by atoms with van der Waals surface area (Å²) in [4.78, 5) is 12.4. The second-order valence-electron chi connectivity index (χ2n) is 7.03. The van der Waals surface area contributed by atoms with Crippen molar-refractivity contribution in [3.8, 4) is 5.75 Å². The van der Waals surface area contributed by atoms with Crippen LogP contribution in [0.2, 0.25) is 0 Å². The lowest BCUT2D eigenvalue weighted by Crippen LogP contribution is -2.41. The maximum atomic E-state index is 12.4. The Morgan fingerprint density at radius 1 is 1.13 bits per heavy atom. The Labute approximate surface area is 138 Å². The molecule has 2 aromatic rings. The van der Waals surface area contributed by atoms with Gasteiger partial charge in [0.2, 0.25) is 5.91 Å². The van der Waals surface area contributed by atoms with E-state index in [1.165, 1.54) is 0 Å². The molecule has 0 radical (unpaired) electrons. The highest BCUT2D eigenvalue weighted by Gasteiger charge is 2.23. The van der Waals surface area contributed by atoms with E-state index < -0.39 is 0 Å². The van der Waals surface area contributed by atoms with E-state index >= 15 is 0 Å². The highest BCUT2D eigenvalue weighted by Crippen LogP contribution is 2.34. The van der Waals surface area contributed by atoms with E-state index in [-0.39, 0.29) is 23.1 Å². The molecule has 0 fully saturated rings. The van der Waals surface area contributed by atoms with Crippen molar-refractivity contribution in [2.75, 3.05) is 0 Å². The topological polar surface area (TPSA) is 49.3 Å². The lowest BCUT2D eigenvalue weighted by atomic mass is 9.86. The molecule has 0 saturated carbocycles. The van der Waals surface area contributed by atoms with Gasteiger partial charge >= 0.3 is 0 Å². The number of aromatic hydroxyl groups is 1. The first kappa shape index (κ1) is 17.1. The van der Waals surface area contributed by atoms with Crippen LogP contribution in [-0.4, -0.2) is 16.6 Å². The average molecular weight is 311 g/mol. The molecule has 0 aliphatic carbocycles. The van der Waals surface area contributed by atoms with Crippen LogP contribution in [0.3, 0.4) is 0 Å². The second-order valence-corrected chi connectivity index (χ2v) is 7.03. The molecule has 0 aliphatic rings. The predicted octanol–water partition coefficient (Wildman–Crippen LogP) is 4.14. The van der Waals surface area contributed by atoms with Gasteiger partial charge in [-0.2, -0.15) is 0 Å². The van der Waals surface area contributed by atoms with E-state index in [9.17, 15) is 9.90 Å². The van der Waals surface area contributed by atoms with Gasteiger partial charge < -0.3 is 10.4 Å². The summed E-state index contributed by atoms with van der Waals surface area (Å²) in [6.07, 6.45) is 0.304. The molecule has 23 heavy (non-hydrogen) atoms. The molecule has 122 valence electrons. The second kappa shape index (κ2) is 6.86. The Morgan fingerprint density at radius 3 is 2.39 bits per heavy atom. The van der Waals surface area contributed by atoms with Gasteiger partial charge in [0.15, 0.2) is 0 Å². The van der Waals surface area contributed by atoms with Crippen LogP contribution in [0.25, 0.3) is 0 Å². The van der Waals surface area contributed by atoms with E-state index in [1.807, 2.05) is 70.2 Å². The highest BCUT2D eigenvalue weighted by molar-refractivity contribution is 5.78. The van der Waals surface area contributed by atoms with Crippen molar-refractivity contribution >= 4 is 5.91 Å². The fourth-order valence-electron chi connectivity index (χ4n) is 2.70. The van der Waals surface area contributed by atoms with Crippen LogP contribution in [0, 0.1) is 6.92 Å². The van der Waals surface area contributed by atoms with Crippen molar-refractivity contribution in [3.05, 3.63) is 65.2 Å². The molecular weight excluding hydrogens is 286 g/mol. The molecule has 0 saturated heterocycles. The minimum absolute atomic E-state index is 0.0211. The summed E-state index contributed by atoms with van der Waals surface area (Å²) >= 11 is 0. The molecule has 0 bridgehead atoms. The van der Waals surface area contributed by atoms with E-state index in [2.05, 4.69) is 5.32 Å². The van der Waals surface area contributed by atoms with Gasteiger partial charge in [-0.3, -0.25) is 4.79 Å².